The average Bonchev–Trinajstić information content (AvgIpc) is 2.76. The Bertz CT molecular complexity index is 389. The zero-order chi connectivity index (χ0) is 12.3. The number of anilines is 1. The smallest absolute Gasteiger partial charge is 0.414 e. The van der Waals surface area contributed by atoms with E-state index in [1.807, 2.05) is 24.3 Å². The number of nitrogens with zero attached hydrogens (tertiary/aromatic N) is 1. The molecule has 1 amide bonds. The summed E-state index contributed by atoms with van der Waals surface area (Å²) in [6, 6.07) is 8.37. The summed E-state index contributed by atoms with van der Waals surface area (Å²) in [5.41, 5.74) is 2.13. The number of benzene rings is 1. The molecule has 1 fully saturated rings. The largest absolute Gasteiger partial charge is 0.447 e. The molecule has 1 aromatic rings. The van der Waals surface area contributed by atoms with E-state index in [4.69, 9.17) is 4.74 Å². The van der Waals surface area contributed by atoms with Crippen LogP contribution in [0.5, 0.6) is 0 Å². The molecule has 0 spiro atoms. The number of nitrogens with one attached hydrogen (secondary N) is 1. The maximum absolute atomic E-state index is 11.4. The molecule has 0 bridgehead atoms. The molecular formula is C13H18N2O2. The monoisotopic (exact) mass is 234 g/mol. The van der Waals surface area contributed by atoms with E-state index in [9.17, 15) is 4.79 Å². The van der Waals surface area contributed by atoms with Gasteiger partial charge in [0.05, 0.1) is 6.54 Å². The topological polar surface area (TPSA) is 41.6 Å². The van der Waals surface area contributed by atoms with Crippen LogP contribution < -0.4 is 10.2 Å². The molecule has 4 heteroatoms. The first kappa shape index (κ1) is 11.9. The zero-order valence-electron chi connectivity index (χ0n) is 10.3. The van der Waals surface area contributed by atoms with Crippen molar-refractivity contribution in [1.82, 2.24) is 5.32 Å². The molecule has 17 heavy (non-hydrogen) atoms. The molecule has 1 saturated heterocycles. The van der Waals surface area contributed by atoms with Gasteiger partial charge in [-0.15, -0.1) is 0 Å². The van der Waals surface area contributed by atoms with Gasteiger partial charge in [0.1, 0.15) is 6.61 Å². The van der Waals surface area contributed by atoms with Crippen LogP contribution in [-0.4, -0.2) is 25.8 Å². The first-order valence-electron chi connectivity index (χ1n) is 6.00. The molecule has 92 valence electrons. The highest BCUT2D eigenvalue weighted by atomic mass is 16.6. The SMILES string of the molecule is CCNC(C)c1ccc(N2CCOC2=O)cc1. The average molecular weight is 234 g/mol. The molecule has 1 unspecified atom stereocenters. The Morgan fingerprint density at radius 1 is 1.41 bits per heavy atom. The van der Waals surface area contributed by atoms with Crippen LogP contribution in [0.3, 0.4) is 0 Å². The molecule has 0 aromatic heterocycles. The molecular weight excluding hydrogens is 216 g/mol. The van der Waals surface area contributed by atoms with Crippen LogP contribution in [-0.2, 0) is 4.74 Å². The molecule has 0 saturated carbocycles. The van der Waals surface area contributed by atoms with Crippen molar-refractivity contribution in [1.29, 1.82) is 0 Å². The standard InChI is InChI=1S/C13H18N2O2/c1-3-14-10(2)11-4-6-12(7-5-11)15-8-9-17-13(15)16/h4-7,10,14H,3,8-9H2,1-2H3. The minimum atomic E-state index is -0.252. The van der Waals surface area contributed by atoms with Crippen LogP contribution in [0.4, 0.5) is 10.5 Å². The van der Waals surface area contributed by atoms with Crippen LogP contribution in [0.2, 0.25) is 0 Å². The Hall–Kier alpha value is -1.55. The molecule has 4 nitrogen and oxygen atoms in total. The number of carbonyl (C=O) groups excluding carboxylic acids is 1. The van der Waals surface area contributed by atoms with Crippen LogP contribution >= 0.6 is 0 Å². The lowest BCUT2D eigenvalue weighted by molar-refractivity contribution is 0.181. The normalized spacial score (nSPS) is 17.1. The fraction of sp³-hybridized carbons (Fsp3) is 0.462. The minimum Gasteiger partial charge on any atom is -0.447 e. The van der Waals surface area contributed by atoms with Gasteiger partial charge in [-0.2, -0.15) is 0 Å². The van der Waals surface area contributed by atoms with Gasteiger partial charge in [-0.3, -0.25) is 4.90 Å². The second kappa shape index (κ2) is 5.19. The van der Waals surface area contributed by atoms with E-state index in [0.717, 1.165) is 12.2 Å². The first-order chi connectivity index (χ1) is 8.22. The van der Waals surface area contributed by atoms with E-state index in [1.54, 1.807) is 4.90 Å². The molecule has 2 rings (SSSR count). The number of hydrogen-bond donors (Lipinski definition) is 1. The number of amides is 1. The van der Waals surface area contributed by atoms with Gasteiger partial charge < -0.3 is 10.1 Å². The Kier molecular flexibility index (Phi) is 3.64. The van der Waals surface area contributed by atoms with Crippen LogP contribution in [0.25, 0.3) is 0 Å². The van der Waals surface area contributed by atoms with E-state index < -0.39 is 0 Å². The molecule has 1 N–H and O–H groups in total. The van der Waals surface area contributed by atoms with E-state index in [2.05, 4.69) is 19.2 Å². The predicted molar refractivity (Wildman–Crippen MR) is 67.2 cm³/mol. The zero-order valence-corrected chi connectivity index (χ0v) is 10.3. The highest BCUT2D eigenvalue weighted by Gasteiger charge is 2.23. The lowest BCUT2D eigenvalue weighted by Crippen LogP contribution is -2.23. The van der Waals surface area contributed by atoms with Gasteiger partial charge in [-0.25, -0.2) is 4.79 Å². The Labute approximate surface area is 102 Å². The van der Waals surface area contributed by atoms with Crippen molar-refractivity contribution in [3.8, 4) is 0 Å². The van der Waals surface area contributed by atoms with Crippen molar-refractivity contribution < 1.29 is 9.53 Å². The third-order valence-corrected chi connectivity index (χ3v) is 2.98. The molecule has 1 atom stereocenters. The van der Waals surface area contributed by atoms with Crippen LogP contribution in [0, 0.1) is 0 Å². The Morgan fingerprint density at radius 3 is 2.65 bits per heavy atom. The van der Waals surface area contributed by atoms with E-state index in [-0.39, 0.29) is 6.09 Å². The first-order valence-corrected chi connectivity index (χ1v) is 6.00. The van der Waals surface area contributed by atoms with Crippen LogP contribution in [0.15, 0.2) is 24.3 Å². The number of hydrogen-bond acceptors (Lipinski definition) is 3. The lowest BCUT2D eigenvalue weighted by Gasteiger charge is -2.16. The van der Waals surface area contributed by atoms with E-state index in [1.165, 1.54) is 5.56 Å². The number of ether oxygens (including phenoxy) is 1. The fourth-order valence-electron chi connectivity index (χ4n) is 1.99. The second-order valence-corrected chi connectivity index (χ2v) is 4.14. The summed E-state index contributed by atoms with van der Waals surface area (Å²) in [4.78, 5) is 13.0. The van der Waals surface area contributed by atoms with Crippen molar-refractivity contribution in [3.05, 3.63) is 29.8 Å². The maximum atomic E-state index is 11.4. The Morgan fingerprint density at radius 2 is 2.12 bits per heavy atom. The molecule has 1 heterocycles. The van der Waals surface area contributed by atoms with Crippen molar-refractivity contribution in [2.24, 2.45) is 0 Å². The number of carbonyl (C=O) groups is 1. The van der Waals surface area contributed by atoms with Crippen molar-refractivity contribution in [2.45, 2.75) is 19.9 Å². The van der Waals surface area contributed by atoms with Gasteiger partial charge in [0.25, 0.3) is 0 Å². The maximum Gasteiger partial charge on any atom is 0.414 e. The van der Waals surface area contributed by atoms with Gasteiger partial charge in [0.15, 0.2) is 0 Å². The minimum absolute atomic E-state index is 0.252. The summed E-state index contributed by atoms with van der Waals surface area (Å²) in [6.45, 7) is 6.28. The number of rotatable bonds is 4. The molecule has 0 aliphatic carbocycles. The summed E-state index contributed by atoms with van der Waals surface area (Å²) >= 11 is 0. The molecule has 1 aromatic carbocycles. The highest BCUT2D eigenvalue weighted by molar-refractivity contribution is 5.89. The van der Waals surface area contributed by atoms with Gasteiger partial charge in [-0.1, -0.05) is 19.1 Å². The van der Waals surface area contributed by atoms with Crippen molar-refractivity contribution >= 4 is 11.8 Å². The lowest BCUT2D eigenvalue weighted by atomic mass is 10.1. The predicted octanol–water partition coefficient (Wildman–Crippen LogP) is 2.31. The molecule has 0 radical (unpaired) electrons. The molecule has 1 aliphatic rings. The van der Waals surface area contributed by atoms with Gasteiger partial charge in [0, 0.05) is 11.7 Å². The highest BCUT2D eigenvalue weighted by Crippen LogP contribution is 2.21. The van der Waals surface area contributed by atoms with E-state index >= 15 is 0 Å². The van der Waals surface area contributed by atoms with Crippen molar-refractivity contribution in [2.75, 3.05) is 24.6 Å². The van der Waals surface area contributed by atoms with Crippen molar-refractivity contribution in [3.63, 3.8) is 0 Å². The Balaban J connectivity index is 2.10. The van der Waals surface area contributed by atoms with E-state index in [0.29, 0.717) is 19.2 Å². The fourth-order valence-corrected chi connectivity index (χ4v) is 1.99. The third-order valence-electron chi connectivity index (χ3n) is 2.98. The quantitative estimate of drug-likeness (QED) is 0.869. The second-order valence-electron chi connectivity index (χ2n) is 4.14. The summed E-state index contributed by atoms with van der Waals surface area (Å²) in [7, 11) is 0. The molecule has 1 aliphatic heterocycles. The number of cyclic esters (lactones) is 1. The third kappa shape index (κ3) is 2.58. The van der Waals surface area contributed by atoms with Gasteiger partial charge in [-0.05, 0) is 31.2 Å². The van der Waals surface area contributed by atoms with Gasteiger partial charge >= 0.3 is 6.09 Å². The van der Waals surface area contributed by atoms with Crippen LogP contribution in [0.1, 0.15) is 25.5 Å². The summed E-state index contributed by atoms with van der Waals surface area (Å²) in [5, 5.41) is 3.35. The summed E-state index contributed by atoms with van der Waals surface area (Å²) < 4.78 is 4.91. The summed E-state index contributed by atoms with van der Waals surface area (Å²) in [6.07, 6.45) is -0.252. The van der Waals surface area contributed by atoms with Gasteiger partial charge in [0.2, 0.25) is 0 Å². The summed E-state index contributed by atoms with van der Waals surface area (Å²) in [5.74, 6) is 0.